The highest BCUT2D eigenvalue weighted by Crippen LogP contribution is 2.17. The third kappa shape index (κ3) is 4.29. The van der Waals surface area contributed by atoms with Crippen LogP contribution in [0.2, 0.25) is 0 Å². The Labute approximate surface area is 154 Å². The van der Waals surface area contributed by atoms with Crippen molar-refractivity contribution in [2.75, 3.05) is 57.5 Å². The highest BCUT2D eigenvalue weighted by atomic mass is 16.2. The van der Waals surface area contributed by atoms with E-state index in [9.17, 15) is 4.79 Å². The molecule has 1 fully saturated rings. The van der Waals surface area contributed by atoms with Crippen LogP contribution in [0.3, 0.4) is 0 Å². The monoisotopic (exact) mass is 354 g/mol. The molecule has 0 unspecified atom stereocenters. The number of carbonyl (C=O) groups excluding carboxylic acids is 1. The van der Waals surface area contributed by atoms with Gasteiger partial charge in [-0.15, -0.1) is 0 Å². The van der Waals surface area contributed by atoms with Crippen LogP contribution in [0.5, 0.6) is 0 Å². The number of piperazine rings is 1. The zero-order valence-electron chi connectivity index (χ0n) is 15.6. The highest BCUT2D eigenvalue weighted by molar-refractivity contribution is 5.94. The molecule has 7 heteroatoms. The first-order valence-corrected chi connectivity index (χ1v) is 8.83. The summed E-state index contributed by atoms with van der Waals surface area (Å²) in [5.74, 6) is 1.68. The molecule has 7 nitrogen and oxygen atoms in total. The molecular weight excluding hydrogens is 328 g/mol. The summed E-state index contributed by atoms with van der Waals surface area (Å²) >= 11 is 0. The predicted molar refractivity (Wildman–Crippen MR) is 104 cm³/mol. The Morgan fingerprint density at radius 1 is 1.15 bits per heavy atom. The average Bonchev–Trinajstić information content (AvgIpc) is 2.67. The van der Waals surface area contributed by atoms with E-state index in [4.69, 9.17) is 0 Å². The summed E-state index contributed by atoms with van der Waals surface area (Å²) in [6.45, 7) is 3.96. The Morgan fingerprint density at radius 3 is 2.65 bits per heavy atom. The number of carbonyl (C=O) groups is 1. The lowest BCUT2D eigenvalue weighted by atomic mass is 10.2. The van der Waals surface area contributed by atoms with E-state index in [1.54, 1.807) is 18.5 Å². The van der Waals surface area contributed by atoms with Crippen LogP contribution < -0.4 is 10.2 Å². The van der Waals surface area contributed by atoms with E-state index < -0.39 is 0 Å². The number of nitrogens with one attached hydrogen (secondary N) is 1. The van der Waals surface area contributed by atoms with Crippen LogP contribution in [0, 0.1) is 0 Å². The molecule has 0 aliphatic carbocycles. The smallest absolute Gasteiger partial charge is 0.254 e. The lowest BCUT2D eigenvalue weighted by molar-refractivity contribution is 0.0664. The summed E-state index contributed by atoms with van der Waals surface area (Å²) in [4.78, 5) is 27.6. The van der Waals surface area contributed by atoms with Gasteiger partial charge in [-0.05, 0) is 25.2 Å². The van der Waals surface area contributed by atoms with E-state index in [1.165, 1.54) is 0 Å². The topological polar surface area (TPSA) is 64.6 Å². The van der Waals surface area contributed by atoms with Gasteiger partial charge in [-0.1, -0.05) is 6.07 Å². The largest absolute Gasteiger partial charge is 0.366 e. The molecule has 1 aliphatic heterocycles. The van der Waals surface area contributed by atoms with Crippen LogP contribution >= 0.6 is 0 Å². The first-order chi connectivity index (χ1) is 12.5. The SMILES string of the molecule is CN1CCN(C(=O)c2ccnc(NCc3cccnc3N(C)C)c2)CC1. The molecule has 0 aromatic carbocycles. The van der Waals surface area contributed by atoms with Gasteiger partial charge in [0, 0.05) is 70.3 Å². The molecule has 1 N–H and O–H groups in total. The van der Waals surface area contributed by atoms with E-state index in [-0.39, 0.29) is 5.91 Å². The molecule has 3 rings (SSSR count). The Hall–Kier alpha value is -2.67. The number of likely N-dealkylation sites (N-methyl/N-ethyl adjacent to an activating group) is 1. The Balaban J connectivity index is 1.67. The maximum Gasteiger partial charge on any atom is 0.254 e. The minimum absolute atomic E-state index is 0.0684. The van der Waals surface area contributed by atoms with Crippen LogP contribution in [0.4, 0.5) is 11.6 Å². The molecule has 2 aromatic rings. The molecule has 1 aliphatic rings. The average molecular weight is 354 g/mol. The number of aromatic nitrogens is 2. The Bertz CT molecular complexity index is 755. The molecule has 1 amide bonds. The molecular formula is C19H26N6O. The molecule has 2 aromatic heterocycles. The van der Waals surface area contributed by atoms with Crippen LogP contribution in [0.1, 0.15) is 15.9 Å². The summed E-state index contributed by atoms with van der Waals surface area (Å²) in [5.41, 5.74) is 1.75. The van der Waals surface area contributed by atoms with E-state index in [2.05, 4.69) is 27.2 Å². The molecule has 26 heavy (non-hydrogen) atoms. The summed E-state index contributed by atoms with van der Waals surface area (Å²) in [6.07, 6.45) is 3.47. The number of hydrogen-bond donors (Lipinski definition) is 1. The van der Waals surface area contributed by atoms with E-state index in [1.807, 2.05) is 42.1 Å². The van der Waals surface area contributed by atoms with Crippen molar-refractivity contribution in [3.8, 4) is 0 Å². The van der Waals surface area contributed by atoms with Gasteiger partial charge in [-0.25, -0.2) is 9.97 Å². The summed E-state index contributed by atoms with van der Waals surface area (Å²) in [6, 6.07) is 7.56. The van der Waals surface area contributed by atoms with Gasteiger partial charge >= 0.3 is 0 Å². The second-order valence-electron chi connectivity index (χ2n) is 6.76. The number of rotatable bonds is 5. The van der Waals surface area contributed by atoms with Crippen molar-refractivity contribution in [1.29, 1.82) is 0 Å². The molecule has 0 bridgehead atoms. The van der Waals surface area contributed by atoms with Crippen molar-refractivity contribution in [2.45, 2.75) is 6.54 Å². The predicted octanol–water partition coefficient (Wildman–Crippen LogP) is 1.54. The third-order valence-electron chi connectivity index (χ3n) is 4.55. The quantitative estimate of drug-likeness (QED) is 0.879. The zero-order valence-corrected chi connectivity index (χ0v) is 15.6. The van der Waals surface area contributed by atoms with Crippen molar-refractivity contribution in [3.05, 3.63) is 47.8 Å². The van der Waals surface area contributed by atoms with Gasteiger partial charge in [0.2, 0.25) is 0 Å². The normalized spacial score (nSPS) is 15.0. The first kappa shape index (κ1) is 18.1. The van der Waals surface area contributed by atoms with Crippen LogP contribution in [-0.4, -0.2) is 73.0 Å². The number of amides is 1. The molecule has 0 saturated carbocycles. The fraction of sp³-hybridized carbons (Fsp3) is 0.421. The molecule has 3 heterocycles. The number of hydrogen-bond acceptors (Lipinski definition) is 6. The van der Waals surface area contributed by atoms with Gasteiger partial charge in [0.05, 0.1) is 0 Å². The van der Waals surface area contributed by atoms with Crippen LogP contribution in [0.25, 0.3) is 0 Å². The van der Waals surface area contributed by atoms with Crippen molar-refractivity contribution in [3.63, 3.8) is 0 Å². The molecule has 0 radical (unpaired) electrons. The zero-order chi connectivity index (χ0) is 18.5. The number of anilines is 2. The Kier molecular flexibility index (Phi) is 5.68. The molecule has 1 saturated heterocycles. The second kappa shape index (κ2) is 8.14. The lowest BCUT2D eigenvalue weighted by Gasteiger charge is -2.32. The fourth-order valence-corrected chi connectivity index (χ4v) is 3.01. The molecule has 0 spiro atoms. The van der Waals surface area contributed by atoms with Crippen molar-refractivity contribution in [2.24, 2.45) is 0 Å². The van der Waals surface area contributed by atoms with Gasteiger partial charge in [-0.2, -0.15) is 0 Å². The Morgan fingerprint density at radius 2 is 1.92 bits per heavy atom. The standard InChI is InChI=1S/C19H26N6O/c1-23(2)18-16(5-4-7-21-18)14-22-17-13-15(6-8-20-17)19(26)25-11-9-24(3)10-12-25/h4-8,13H,9-12,14H2,1-3H3,(H,20,22). The van der Waals surface area contributed by atoms with Crippen LogP contribution in [-0.2, 0) is 6.54 Å². The highest BCUT2D eigenvalue weighted by Gasteiger charge is 2.20. The van der Waals surface area contributed by atoms with Crippen molar-refractivity contribution >= 4 is 17.5 Å². The molecule has 138 valence electrons. The minimum atomic E-state index is 0.0684. The van der Waals surface area contributed by atoms with E-state index >= 15 is 0 Å². The van der Waals surface area contributed by atoms with Crippen molar-refractivity contribution in [1.82, 2.24) is 19.8 Å². The number of pyridine rings is 2. The van der Waals surface area contributed by atoms with Crippen molar-refractivity contribution < 1.29 is 4.79 Å². The fourth-order valence-electron chi connectivity index (χ4n) is 3.01. The lowest BCUT2D eigenvalue weighted by Crippen LogP contribution is -2.47. The maximum atomic E-state index is 12.7. The second-order valence-corrected chi connectivity index (χ2v) is 6.76. The van der Waals surface area contributed by atoms with Gasteiger partial charge in [-0.3, -0.25) is 4.79 Å². The van der Waals surface area contributed by atoms with E-state index in [0.717, 1.165) is 37.6 Å². The van der Waals surface area contributed by atoms with Gasteiger partial charge in [0.1, 0.15) is 11.6 Å². The van der Waals surface area contributed by atoms with Gasteiger partial charge in [0.25, 0.3) is 5.91 Å². The number of nitrogens with zero attached hydrogens (tertiary/aromatic N) is 5. The first-order valence-electron chi connectivity index (χ1n) is 8.83. The summed E-state index contributed by atoms with van der Waals surface area (Å²) < 4.78 is 0. The maximum absolute atomic E-state index is 12.7. The summed E-state index contributed by atoms with van der Waals surface area (Å²) in [7, 11) is 6.02. The minimum Gasteiger partial charge on any atom is -0.366 e. The van der Waals surface area contributed by atoms with Gasteiger partial charge < -0.3 is 20.0 Å². The van der Waals surface area contributed by atoms with Crippen LogP contribution in [0.15, 0.2) is 36.7 Å². The summed E-state index contributed by atoms with van der Waals surface area (Å²) in [5, 5.41) is 3.30. The van der Waals surface area contributed by atoms with E-state index in [0.29, 0.717) is 17.9 Å². The van der Waals surface area contributed by atoms with Gasteiger partial charge in [0.15, 0.2) is 0 Å². The molecule has 0 atom stereocenters. The third-order valence-corrected chi connectivity index (χ3v) is 4.55.